The van der Waals surface area contributed by atoms with Gasteiger partial charge in [0.15, 0.2) is 0 Å². The maximum absolute atomic E-state index is 12.6. The van der Waals surface area contributed by atoms with Gasteiger partial charge in [-0.1, -0.05) is 12.1 Å². The Morgan fingerprint density at radius 2 is 2.00 bits per heavy atom. The van der Waals surface area contributed by atoms with Gasteiger partial charge in [-0.2, -0.15) is 9.57 Å². The first kappa shape index (κ1) is 15.5. The smallest absolute Gasteiger partial charge is 0.245 e. The molecule has 0 heterocycles. The second-order valence-corrected chi connectivity index (χ2v) is 6.22. The Hall–Kier alpha value is -1.58. The molecule has 19 heavy (non-hydrogen) atoms. The van der Waals surface area contributed by atoms with Crippen molar-refractivity contribution in [2.24, 2.45) is 0 Å². The molecule has 0 radical (unpaired) electrons. The van der Waals surface area contributed by atoms with Crippen molar-refractivity contribution in [2.45, 2.75) is 31.2 Å². The molecule has 0 atom stereocenters. The third-order valence-electron chi connectivity index (χ3n) is 2.76. The van der Waals surface area contributed by atoms with Crippen molar-refractivity contribution in [2.75, 3.05) is 18.9 Å². The van der Waals surface area contributed by atoms with Gasteiger partial charge in [0.1, 0.15) is 4.90 Å². The van der Waals surface area contributed by atoms with Crippen molar-refractivity contribution in [3.8, 4) is 6.07 Å². The summed E-state index contributed by atoms with van der Waals surface area (Å²) in [6.07, 6.45) is 0.180. The van der Waals surface area contributed by atoms with Gasteiger partial charge < -0.3 is 5.32 Å². The van der Waals surface area contributed by atoms with Crippen LogP contribution < -0.4 is 5.32 Å². The summed E-state index contributed by atoms with van der Waals surface area (Å²) in [6.45, 7) is 3.81. The van der Waals surface area contributed by atoms with E-state index in [-0.39, 0.29) is 23.9 Å². The van der Waals surface area contributed by atoms with E-state index in [4.69, 9.17) is 5.26 Å². The average molecular weight is 281 g/mol. The molecule has 0 saturated heterocycles. The van der Waals surface area contributed by atoms with E-state index in [0.29, 0.717) is 5.69 Å². The van der Waals surface area contributed by atoms with Crippen molar-refractivity contribution in [3.05, 3.63) is 24.3 Å². The fourth-order valence-electron chi connectivity index (χ4n) is 1.84. The molecule has 1 N–H and O–H groups in total. The molecule has 6 heteroatoms. The van der Waals surface area contributed by atoms with Gasteiger partial charge in [0.05, 0.1) is 11.8 Å². The standard InChI is InChI=1S/C13H19N3O2S/c1-11(2)16(10-6-9-14)19(17,18)13-8-5-4-7-12(13)15-3/h4-5,7-8,11,15H,6,10H2,1-3H3. The van der Waals surface area contributed by atoms with Gasteiger partial charge in [0.25, 0.3) is 0 Å². The first-order valence-corrected chi connectivity index (χ1v) is 7.54. The van der Waals surface area contributed by atoms with Crippen LogP contribution in [-0.2, 0) is 10.0 Å². The predicted octanol–water partition coefficient (Wildman–Crippen LogP) is 2.04. The monoisotopic (exact) mass is 281 g/mol. The zero-order valence-corrected chi connectivity index (χ0v) is 12.2. The van der Waals surface area contributed by atoms with Crippen LogP contribution in [0.2, 0.25) is 0 Å². The van der Waals surface area contributed by atoms with Gasteiger partial charge in [-0.25, -0.2) is 8.42 Å². The fourth-order valence-corrected chi connectivity index (χ4v) is 3.68. The normalized spacial score (nSPS) is 11.6. The lowest BCUT2D eigenvalue weighted by Crippen LogP contribution is -2.37. The Balaban J connectivity index is 3.23. The predicted molar refractivity (Wildman–Crippen MR) is 75.2 cm³/mol. The zero-order valence-electron chi connectivity index (χ0n) is 11.4. The fraction of sp³-hybridized carbons (Fsp3) is 0.462. The van der Waals surface area contributed by atoms with Crippen molar-refractivity contribution >= 4 is 15.7 Å². The summed E-state index contributed by atoms with van der Waals surface area (Å²) in [5.74, 6) is 0. The number of benzene rings is 1. The molecule has 0 bridgehead atoms. The van der Waals surface area contributed by atoms with Gasteiger partial charge in [-0.05, 0) is 26.0 Å². The number of hydrogen-bond acceptors (Lipinski definition) is 4. The second-order valence-electron chi connectivity index (χ2n) is 4.36. The molecule has 0 aliphatic heterocycles. The summed E-state index contributed by atoms with van der Waals surface area (Å²) in [7, 11) is -1.91. The van der Waals surface area contributed by atoms with Crippen LogP contribution in [0.15, 0.2) is 29.2 Å². The van der Waals surface area contributed by atoms with Crippen LogP contribution in [0.3, 0.4) is 0 Å². The highest BCUT2D eigenvalue weighted by Gasteiger charge is 2.28. The molecule has 0 amide bonds. The maximum atomic E-state index is 12.6. The van der Waals surface area contributed by atoms with E-state index in [1.807, 2.05) is 6.07 Å². The van der Waals surface area contributed by atoms with Crippen LogP contribution in [-0.4, -0.2) is 32.4 Å². The van der Waals surface area contributed by atoms with E-state index in [2.05, 4.69) is 5.32 Å². The lowest BCUT2D eigenvalue weighted by molar-refractivity contribution is 0.360. The minimum atomic E-state index is -3.60. The second kappa shape index (κ2) is 6.55. The van der Waals surface area contributed by atoms with Crippen molar-refractivity contribution in [1.29, 1.82) is 5.26 Å². The van der Waals surface area contributed by atoms with E-state index in [1.54, 1.807) is 45.2 Å². The SMILES string of the molecule is CNc1ccccc1S(=O)(=O)N(CCC#N)C(C)C. The molecule has 0 fully saturated rings. The Kier molecular flexibility index (Phi) is 5.33. The summed E-state index contributed by atoms with van der Waals surface area (Å²) < 4.78 is 26.6. The summed E-state index contributed by atoms with van der Waals surface area (Å²) in [5, 5.41) is 11.5. The molecule has 5 nitrogen and oxygen atoms in total. The van der Waals surface area contributed by atoms with Crippen LogP contribution in [0.5, 0.6) is 0 Å². The molecule has 0 unspecified atom stereocenters. The lowest BCUT2D eigenvalue weighted by atomic mass is 10.3. The van der Waals surface area contributed by atoms with Crippen LogP contribution >= 0.6 is 0 Å². The van der Waals surface area contributed by atoms with Gasteiger partial charge in [0, 0.05) is 26.1 Å². The number of sulfonamides is 1. The molecule has 0 saturated carbocycles. The van der Waals surface area contributed by atoms with E-state index in [9.17, 15) is 8.42 Å². The Morgan fingerprint density at radius 3 is 2.53 bits per heavy atom. The van der Waals surface area contributed by atoms with Gasteiger partial charge in [-0.15, -0.1) is 0 Å². The summed E-state index contributed by atoms with van der Waals surface area (Å²) in [4.78, 5) is 0.240. The quantitative estimate of drug-likeness (QED) is 0.866. The number of anilines is 1. The number of para-hydroxylation sites is 1. The van der Waals surface area contributed by atoms with Gasteiger partial charge in [-0.3, -0.25) is 0 Å². The van der Waals surface area contributed by atoms with E-state index >= 15 is 0 Å². The summed E-state index contributed by atoms with van der Waals surface area (Å²) in [6, 6.07) is 8.55. The van der Waals surface area contributed by atoms with Crippen LogP contribution in [0, 0.1) is 11.3 Å². The number of nitriles is 1. The molecule has 0 aliphatic carbocycles. The third kappa shape index (κ3) is 3.46. The zero-order chi connectivity index (χ0) is 14.5. The average Bonchev–Trinajstić information content (AvgIpc) is 2.38. The first-order chi connectivity index (χ1) is 8.95. The molecule has 1 rings (SSSR count). The molecule has 0 aliphatic rings. The van der Waals surface area contributed by atoms with Crippen molar-refractivity contribution in [3.63, 3.8) is 0 Å². The number of nitrogens with zero attached hydrogens (tertiary/aromatic N) is 2. The van der Waals surface area contributed by atoms with Crippen molar-refractivity contribution in [1.82, 2.24) is 4.31 Å². The van der Waals surface area contributed by atoms with Gasteiger partial charge >= 0.3 is 0 Å². The Morgan fingerprint density at radius 1 is 1.37 bits per heavy atom. The Labute approximate surface area is 114 Å². The van der Waals surface area contributed by atoms with Crippen LogP contribution in [0.4, 0.5) is 5.69 Å². The molecule has 0 aromatic heterocycles. The minimum Gasteiger partial charge on any atom is -0.387 e. The minimum absolute atomic E-state index is 0.180. The topological polar surface area (TPSA) is 73.2 Å². The number of hydrogen-bond donors (Lipinski definition) is 1. The summed E-state index contributed by atoms with van der Waals surface area (Å²) in [5.41, 5.74) is 0.560. The van der Waals surface area contributed by atoms with E-state index < -0.39 is 10.0 Å². The van der Waals surface area contributed by atoms with E-state index in [1.165, 1.54) is 4.31 Å². The lowest BCUT2D eigenvalue weighted by Gasteiger charge is -2.26. The first-order valence-electron chi connectivity index (χ1n) is 6.10. The highest BCUT2D eigenvalue weighted by Crippen LogP contribution is 2.25. The van der Waals surface area contributed by atoms with Crippen molar-refractivity contribution < 1.29 is 8.42 Å². The molecular weight excluding hydrogens is 262 g/mol. The molecule has 1 aromatic carbocycles. The number of rotatable bonds is 6. The van der Waals surface area contributed by atoms with Gasteiger partial charge in [0.2, 0.25) is 10.0 Å². The highest BCUT2D eigenvalue weighted by atomic mass is 32.2. The molecule has 104 valence electrons. The van der Waals surface area contributed by atoms with Crippen LogP contribution in [0.1, 0.15) is 20.3 Å². The summed E-state index contributed by atoms with van der Waals surface area (Å²) >= 11 is 0. The third-order valence-corrected chi connectivity index (χ3v) is 4.90. The molecule has 0 spiro atoms. The maximum Gasteiger partial charge on any atom is 0.245 e. The Bertz CT molecular complexity index is 561. The molecule has 1 aromatic rings. The van der Waals surface area contributed by atoms with Crippen LogP contribution in [0.25, 0.3) is 0 Å². The molecular formula is C13H19N3O2S. The largest absolute Gasteiger partial charge is 0.387 e. The number of nitrogens with one attached hydrogen (secondary N) is 1. The van der Waals surface area contributed by atoms with E-state index in [0.717, 1.165) is 0 Å². The highest BCUT2D eigenvalue weighted by molar-refractivity contribution is 7.89.